The predicted octanol–water partition coefficient (Wildman–Crippen LogP) is 2.51. The highest BCUT2D eigenvalue weighted by atomic mass is 35.5. The Balaban J connectivity index is 2.28. The number of benzene rings is 1. The molecule has 2 rings (SSSR count). The van der Waals surface area contributed by atoms with Crippen molar-refractivity contribution in [3.63, 3.8) is 0 Å². The van der Waals surface area contributed by atoms with Crippen LogP contribution in [0.5, 0.6) is 0 Å². The average Bonchev–Trinajstić information content (AvgIpc) is 2.47. The molecule has 0 bridgehead atoms. The fraction of sp³-hybridized carbons (Fsp3) is 0.200. The Bertz CT molecular complexity index is 658. The molecule has 0 aliphatic rings. The van der Waals surface area contributed by atoms with E-state index in [-0.39, 0.29) is 5.91 Å². The molecule has 0 unspecified atom stereocenters. The average molecular weight is 305 g/mol. The number of carbonyl (C=O) groups excluding carboxylic acids is 1. The van der Waals surface area contributed by atoms with Gasteiger partial charge in [-0.05, 0) is 30.3 Å². The Morgan fingerprint density at radius 3 is 2.76 bits per heavy atom. The summed E-state index contributed by atoms with van der Waals surface area (Å²) in [6.45, 7) is 0.293. The minimum Gasteiger partial charge on any atom is -0.376 e. The lowest BCUT2D eigenvalue weighted by Crippen LogP contribution is -2.17. The van der Waals surface area contributed by atoms with Crippen molar-refractivity contribution in [1.29, 1.82) is 0 Å². The van der Waals surface area contributed by atoms with Crippen LogP contribution in [0, 0.1) is 0 Å². The number of carbonyl (C=O) groups is 1. The molecule has 1 amide bonds. The number of rotatable bonds is 4. The van der Waals surface area contributed by atoms with Gasteiger partial charge in [-0.1, -0.05) is 11.6 Å². The van der Waals surface area contributed by atoms with Crippen molar-refractivity contribution in [3.05, 3.63) is 52.8 Å². The number of pyridine rings is 1. The molecule has 3 N–H and O–H groups in total. The van der Waals surface area contributed by atoms with Crippen LogP contribution in [0.25, 0.3) is 0 Å². The van der Waals surface area contributed by atoms with Gasteiger partial charge >= 0.3 is 0 Å². The van der Waals surface area contributed by atoms with Crippen molar-refractivity contribution in [2.24, 2.45) is 5.73 Å². The first-order valence-electron chi connectivity index (χ1n) is 6.44. The van der Waals surface area contributed by atoms with E-state index in [1.165, 1.54) is 0 Å². The van der Waals surface area contributed by atoms with E-state index in [0.717, 1.165) is 5.69 Å². The SMILES string of the molecule is CN(C)c1ccc(Cl)cc1NC(=O)c1ccnc(CN)c1. The third kappa shape index (κ3) is 3.71. The summed E-state index contributed by atoms with van der Waals surface area (Å²) in [6, 6.07) is 8.69. The number of amides is 1. The Hall–Kier alpha value is -2.11. The highest BCUT2D eigenvalue weighted by Gasteiger charge is 2.11. The maximum Gasteiger partial charge on any atom is 0.255 e. The van der Waals surface area contributed by atoms with E-state index in [1.807, 2.05) is 25.1 Å². The minimum atomic E-state index is -0.225. The van der Waals surface area contributed by atoms with Gasteiger partial charge in [0.25, 0.3) is 5.91 Å². The second-order valence-electron chi connectivity index (χ2n) is 4.75. The zero-order valence-corrected chi connectivity index (χ0v) is 12.7. The molecule has 21 heavy (non-hydrogen) atoms. The molecule has 0 spiro atoms. The molecule has 0 saturated heterocycles. The molecular formula is C15H17ClN4O. The second-order valence-corrected chi connectivity index (χ2v) is 5.19. The number of hydrogen-bond acceptors (Lipinski definition) is 4. The number of aromatic nitrogens is 1. The maximum absolute atomic E-state index is 12.3. The Morgan fingerprint density at radius 1 is 1.33 bits per heavy atom. The Morgan fingerprint density at radius 2 is 2.10 bits per heavy atom. The van der Waals surface area contributed by atoms with Crippen molar-refractivity contribution in [3.8, 4) is 0 Å². The third-order valence-corrected chi connectivity index (χ3v) is 3.21. The number of nitrogens with two attached hydrogens (primary N) is 1. The van der Waals surface area contributed by atoms with E-state index >= 15 is 0 Å². The van der Waals surface area contributed by atoms with Crippen molar-refractivity contribution >= 4 is 28.9 Å². The minimum absolute atomic E-state index is 0.225. The number of hydrogen-bond donors (Lipinski definition) is 2. The highest BCUT2D eigenvalue weighted by molar-refractivity contribution is 6.31. The number of nitrogens with zero attached hydrogens (tertiary/aromatic N) is 2. The van der Waals surface area contributed by atoms with Gasteiger partial charge < -0.3 is 16.0 Å². The fourth-order valence-corrected chi connectivity index (χ4v) is 2.10. The van der Waals surface area contributed by atoms with E-state index in [9.17, 15) is 4.79 Å². The zero-order valence-electron chi connectivity index (χ0n) is 11.9. The van der Waals surface area contributed by atoms with E-state index < -0.39 is 0 Å². The van der Waals surface area contributed by atoms with Gasteiger partial charge in [-0.25, -0.2) is 0 Å². The van der Waals surface area contributed by atoms with Crippen LogP contribution >= 0.6 is 11.6 Å². The van der Waals surface area contributed by atoms with Crippen molar-refractivity contribution < 1.29 is 4.79 Å². The summed E-state index contributed by atoms with van der Waals surface area (Å²) in [7, 11) is 3.80. The first-order valence-corrected chi connectivity index (χ1v) is 6.82. The summed E-state index contributed by atoms with van der Waals surface area (Å²) in [6.07, 6.45) is 1.57. The van der Waals surface area contributed by atoms with Gasteiger partial charge in [0.1, 0.15) is 0 Å². The van der Waals surface area contributed by atoms with Crippen LogP contribution in [0.4, 0.5) is 11.4 Å². The predicted molar refractivity (Wildman–Crippen MR) is 85.9 cm³/mol. The normalized spacial score (nSPS) is 10.3. The van der Waals surface area contributed by atoms with Crippen molar-refractivity contribution in [2.75, 3.05) is 24.3 Å². The summed E-state index contributed by atoms with van der Waals surface area (Å²) in [4.78, 5) is 18.3. The molecule has 110 valence electrons. The van der Waals surface area contributed by atoms with Gasteiger partial charge in [0.2, 0.25) is 0 Å². The molecule has 0 radical (unpaired) electrons. The van der Waals surface area contributed by atoms with Crippen LogP contribution in [-0.2, 0) is 6.54 Å². The maximum atomic E-state index is 12.3. The summed E-state index contributed by atoms with van der Waals surface area (Å²) >= 11 is 6.00. The van der Waals surface area contributed by atoms with Crippen LogP contribution in [0.3, 0.4) is 0 Å². The molecule has 0 saturated carbocycles. The second kappa shape index (κ2) is 6.56. The van der Waals surface area contributed by atoms with Gasteiger partial charge in [-0.3, -0.25) is 9.78 Å². The summed E-state index contributed by atoms with van der Waals surface area (Å²) in [5.41, 5.74) is 8.25. The van der Waals surface area contributed by atoms with Gasteiger partial charge in [0.05, 0.1) is 17.1 Å². The van der Waals surface area contributed by atoms with E-state index in [4.69, 9.17) is 17.3 Å². The molecule has 2 aromatic rings. The van der Waals surface area contributed by atoms with Gasteiger partial charge in [-0.15, -0.1) is 0 Å². The molecule has 0 aliphatic heterocycles. The molecule has 0 fully saturated rings. The number of nitrogens with one attached hydrogen (secondary N) is 1. The standard InChI is InChI=1S/C15H17ClN4O/c1-20(2)14-4-3-11(16)8-13(14)19-15(21)10-5-6-18-12(7-10)9-17/h3-8H,9,17H2,1-2H3,(H,19,21). The molecule has 1 aromatic heterocycles. The van der Waals surface area contributed by atoms with Crippen LogP contribution in [-0.4, -0.2) is 25.0 Å². The van der Waals surface area contributed by atoms with Crippen molar-refractivity contribution in [2.45, 2.75) is 6.54 Å². The molecule has 5 nitrogen and oxygen atoms in total. The smallest absolute Gasteiger partial charge is 0.255 e. The number of anilines is 2. The van der Waals surface area contributed by atoms with Crippen LogP contribution in [0.15, 0.2) is 36.5 Å². The molecule has 0 atom stereocenters. The fourth-order valence-electron chi connectivity index (χ4n) is 1.92. The summed E-state index contributed by atoms with van der Waals surface area (Å²) in [5, 5.41) is 3.43. The van der Waals surface area contributed by atoms with Gasteiger partial charge in [0, 0.05) is 37.4 Å². The van der Waals surface area contributed by atoms with Gasteiger partial charge in [0.15, 0.2) is 0 Å². The van der Waals surface area contributed by atoms with Crippen LogP contribution in [0.2, 0.25) is 5.02 Å². The van der Waals surface area contributed by atoms with E-state index in [2.05, 4.69) is 10.3 Å². The third-order valence-electron chi connectivity index (χ3n) is 2.98. The quantitative estimate of drug-likeness (QED) is 0.910. The summed E-state index contributed by atoms with van der Waals surface area (Å²) in [5.74, 6) is -0.225. The lowest BCUT2D eigenvalue weighted by atomic mass is 10.2. The number of halogens is 1. The monoisotopic (exact) mass is 304 g/mol. The molecule has 1 heterocycles. The zero-order chi connectivity index (χ0) is 15.4. The topological polar surface area (TPSA) is 71.2 Å². The lowest BCUT2D eigenvalue weighted by molar-refractivity contribution is 0.102. The largest absolute Gasteiger partial charge is 0.376 e. The lowest BCUT2D eigenvalue weighted by Gasteiger charge is -2.18. The van der Waals surface area contributed by atoms with Crippen LogP contribution < -0.4 is 16.0 Å². The molecule has 6 heteroatoms. The highest BCUT2D eigenvalue weighted by Crippen LogP contribution is 2.28. The summed E-state index contributed by atoms with van der Waals surface area (Å²) < 4.78 is 0. The van der Waals surface area contributed by atoms with Crippen molar-refractivity contribution in [1.82, 2.24) is 4.98 Å². The van der Waals surface area contributed by atoms with Crippen LogP contribution in [0.1, 0.15) is 16.1 Å². The first-order chi connectivity index (χ1) is 10.0. The Kier molecular flexibility index (Phi) is 4.77. The first kappa shape index (κ1) is 15.3. The molecule has 0 aliphatic carbocycles. The van der Waals surface area contributed by atoms with Gasteiger partial charge in [-0.2, -0.15) is 0 Å². The molecule has 1 aromatic carbocycles. The van der Waals surface area contributed by atoms with E-state index in [1.54, 1.807) is 30.5 Å². The Labute approximate surface area is 128 Å². The van der Waals surface area contributed by atoms with E-state index in [0.29, 0.717) is 28.5 Å². The molecular weight excluding hydrogens is 288 g/mol.